The fraction of sp³-hybridized carbons (Fsp3) is 0.667. The molecule has 0 saturated heterocycles. The first-order valence-corrected chi connectivity index (χ1v) is 9.68. The van der Waals surface area contributed by atoms with Gasteiger partial charge in [-0.25, -0.2) is 0 Å². The lowest BCUT2D eigenvalue weighted by molar-refractivity contribution is 0.372. The first-order valence-electron chi connectivity index (χ1n) is 9.68. The van der Waals surface area contributed by atoms with Crippen LogP contribution < -0.4 is 5.32 Å². The molecule has 4 aliphatic carbocycles. The number of hydrogen-bond donors (Lipinski definition) is 1. The van der Waals surface area contributed by atoms with Crippen molar-refractivity contribution in [2.45, 2.75) is 75.3 Å². The lowest BCUT2D eigenvalue weighted by Gasteiger charge is -2.32. The summed E-state index contributed by atoms with van der Waals surface area (Å²) >= 11 is 0. The molecule has 1 N–H and O–H groups in total. The highest BCUT2D eigenvalue weighted by molar-refractivity contribution is 5.99. The third-order valence-corrected chi connectivity index (χ3v) is 7.23. The smallest absolute Gasteiger partial charge is 0.129 e. The number of nitrogens with zero attached hydrogens (tertiary/aromatic N) is 1. The van der Waals surface area contributed by atoms with E-state index < -0.39 is 0 Å². The predicted molar refractivity (Wildman–Crippen MR) is 94.7 cm³/mol. The summed E-state index contributed by atoms with van der Waals surface area (Å²) in [5, 5.41) is 3.99. The number of amidine groups is 1. The van der Waals surface area contributed by atoms with Crippen molar-refractivity contribution in [3.05, 3.63) is 35.9 Å². The zero-order chi connectivity index (χ0) is 15.3. The molecule has 2 heteroatoms. The van der Waals surface area contributed by atoms with Crippen LogP contribution in [0.15, 0.2) is 35.3 Å². The van der Waals surface area contributed by atoms with E-state index in [1.807, 2.05) is 0 Å². The minimum absolute atomic E-state index is 0.260. The average Bonchev–Trinajstić information content (AvgIpc) is 3.35. The van der Waals surface area contributed by atoms with Crippen LogP contribution in [0.4, 0.5) is 0 Å². The van der Waals surface area contributed by atoms with Crippen LogP contribution in [0, 0.1) is 11.8 Å². The minimum atomic E-state index is 0.260. The van der Waals surface area contributed by atoms with E-state index in [9.17, 15) is 0 Å². The third-order valence-electron chi connectivity index (χ3n) is 7.23. The quantitative estimate of drug-likeness (QED) is 0.636. The summed E-state index contributed by atoms with van der Waals surface area (Å²) in [5.41, 5.74) is 1.91. The number of fused-ring (bicyclic) bond motifs is 4. The summed E-state index contributed by atoms with van der Waals surface area (Å²) in [4.78, 5) is 5.42. The van der Waals surface area contributed by atoms with Crippen LogP contribution in [0.25, 0.3) is 0 Å². The van der Waals surface area contributed by atoms with E-state index in [1.165, 1.54) is 75.6 Å². The number of hydrogen-bond acceptors (Lipinski definition) is 1. The molecule has 4 aliphatic rings. The van der Waals surface area contributed by atoms with Crippen molar-refractivity contribution >= 4 is 5.84 Å². The predicted octanol–water partition coefficient (Wildman–Crippen LogP) is 4.69. The normalized spacial score (nSPS) is 41.7. The molecule has 4 fully saturated rings. The molecule has 1 aromatic rings. The molecule has 4 bridgehead atoms. The van der Waals surface area contributed by atoms with Gasteiger partial charge in [-0.1, -0.05) is 30.3 Å². The number of rotatable bonds is 3. The standard InChI is InChI=1S/C21H28N2/c1-2-4-18(5-3-1)19(22-20-10-6-16(14-20)7-11-20)23-21-12-8-17(15-21)9-13-21/h1-5,16-17H,6-15H2,(H,22,23). The van der Waals surface area contributed by atoms with E-state index in [-0.39, 0.29) is 5.54 Å². The Labute approximate surface area is 139 Å². The van der Waals surface area contributed by atoms with Crippen molar-refractivity contribution in [2.24, 2.45) is 16.8 Å². The summed E-state index contributed by atoms with van der Waals surface area (Å²) in [6.07, 6.45) is 13.7. The number of aliphatic imine (C=N–C) groups is 1. The van der Waals surface area contributed by atoms with E-state index in [4.69, 9.17) is 4.99 Å². The van der Waals surface area contributed by atoms with Crippen LogP contribution in [0.3, 0.4) is 0 Å². The molecule has 2 nitrogen and oxygen atoms in total. The second-order valence-corrected chi connectivity index (χ2v) is 8.75. The van der Waals surface area contributed by atoms with Crippen molar-refractivity contribution in [1.82, 2.24) is 5.32 Å². The number of benzene rings is 1. The van der Waals surface area contributed by atoms with E-state index >= 15 is 0 Å². The molecule has 0 aromatic heterocycles. The third kappa shape index (κ3) is 2.42. The van der Waals surface area contributed by atoms with E-state index in [1.54, 1.807) is 0 Å². The second kappa shape index (κ2) is 5.09. The molecule has 0 radical (unpaired) electrons. The maximum atomic E-state index is 5.42. The highest BCUT2D eigenvalue weighted by Crippen LogP contribution is 2.51. The fourth-order valence-corrected chi connectivity index (χ4v) is 5.93. The Bertz CT molecular complexity index is 602. The number of nitrogens with one attached hydrogen (secondary N) is 1. The Morgan fingerprint density at radius 3 is 2.09 bits per heavy atom. The fourth-order valence-electron chi connectivity index (χ4n) is 5.93. The Morgan fingerprint density at radius 1 is 0.870 bits per heavy atom. The monoisotopic (exact) mass is 308 g/mol. The van der Waals surface area contributed by atoms with Gasteiger partial charge < -0.3 is 5.32 Å². The summed E-state index contributed by atoms with van der Waals surface area (Å²) in [6.45, 7) is 0. The zero-order valence-electron chi connectivity index (χ0n) is 14.1. The van der Waals surface area contributed by atoms with Gasteiger partial charge in [0.25, 0.3) is 0 Å². The molecule has 0 aliphatic heterocycles. The van der Waals surface area contributed by atoms with Gasteiger partial charge in [0.1, 0.15) is 5.84 Å². The Morgan fingerprint density at radius 2 is 1.52 bits per heavy atom. The minimum Gasteiger partial charge on any atom is -0.364 e. The molecule has 0 heterocycles. The molecule has 1 aromatic carbocycles. The largest absolute Gasteiger partial charge is 0.364 e. The molecule has 0 amide bonds. The first kappa shape index (κ1) is 14.1. The van der Waals surface area contributed by atoms with Gasteiger partial charge in [-0.3, -0.25) is 4.99 Å². The van der Waals surface area contributed by atoms with Gasteiger partial charge in [-0.05, 0) is 76.0 Å². The molecule has 4 saturated carbocycles. The van der Waals surface area contributed by atoms with Crippen molar-refractivity contribution in [2.75, 3.05) is 0 Å². The van der Waals surface area contributed by atoms with E-state index in [2.05, 4.69) is 35.6 Å². The second-order valence-electron chi connectivity index (χ2n) is 8.75. The van der Waals surface area contributed by atoms with Gasteiger partial charge >= 0.3 is 0 Å². The van der Waals surface area contributed by atoms with Gasteiger partial charge in [0, 0.05) is 11.1 Å². The molecule has 5 rings (SSSR count). The Balaban J connectivity index is 1.49. The molecule has 0 spiro atoms. The van der Waals surface area contributed by atoms with E-state index in [0.717, 1.165) is 11.8 Å². The molecular formula is C21H28N2. The average molecular weight is 308 g/mol. The SMILES string of the molecule is c1ccc(C(=NC23CCC(CC2)C3)NC23CCC(CC2)C3)cc1. The maximum Gasteiger partial charge on any atom is 0.129 e. The highest BCUT2D eigenvalue weighted by atomic mass is 15.1. The van der Waals surface area contributed by atoms with Crippen molar-refractivity contribution < 1.29 is 0 Å². The topological polar surface area (TPSA) is 24.4 Å². The summed E-state index contributed by atoms with van der Waals surface area (Å²) in [5.74, 6) is 3.13. The van der Waals surface area contributed by atoms with Crippen LogP contribution in [0.2, 0.25) is 0 Å². The van der Waals surface area contributed by atoms with Crippen LogP contribution in [-0.4, -0.2) is 16.9 Å². The molecule has 0 atom stereocenters. The van der Waals surface area contributed by atoms with Crippen molar-refractivity contribution in [1.29, 1.82) is 0 Å². The van der Waals surface area contributed by atoms with E-state index in [0.29, 0.717) is 5.54 Å². The highest BCUT2D eigenvalue weighted by Gasteiger charge is 2.47. The first-order chi connectivity index (χ1) is 11.2. The summed E-state index contributed by atoms with van der Waals surface area (Å²) in [6, 6.07) is 10.9. The van der Waals surface area contributed by atoms with Gasteiger partial charge in [-0.15, -0.1) is 0 Å². The molecule has 23 heavy (non-hydrogen) atoms. The Kier molecular flexibility index (Phi) is 3.11. The van der Waals surface area contributed by atoms with Gasteiger partial charge in [0.2, 0.25) is 0 Å². The van der Waals surface area contributed by atoms with Crippen LogP contribution in [0.1, 0.15) is 69.8 Å². The lowest BCUT2D eigenvalue weighted by atomic mass is 9.92. The lowest BCUT2D eigenvalue weighted by Crippen LogP contribution is -2.46. The molecule has 0 unspecified atom stereocenters. The van der Waals surface area contributed by atoms with Crippen LogP contribution in [0.5, 0.6) is 0 Å². The molecular weight excluding hydrogens is 280 g/mol. The zero-order valence-corrected chi connectivity index (χ0v) is 14.1. The summed E-state index contributed by atoms with van der Waals surface area (Å²) in [7, 11) is 0. The van der Waals surface area contributed by atoms with Crippen LogP contribution >= 0.6 is 0 Å². The Hall–Kier alpha value is -1.31. The van der Waals surface area contributed by atoms with Crippen LogP contribution in [-0.2, 0) is 0 Å². The van der Waals surface area contributed by atoms with Gasteiger partial charge in [0.05, 0.1) is 5.54 Å². The van der Waals surface area contributed by atoms with Gasteiger partial charge in [-0.2, -0.15) is 0 Å². The van der Waals surface area contributed by atoms with Crippen molar-refractivity contribution in [3.63, 3.8) is 0 Å². The van der Waals surface area contributed by atoms with Gasteiger partial charge in [0.15, 0.2) is 0 Å². The maximum absolute atomic E-state index is 5.42. The summed E-state index contributed by atoms with van der Waals surface area (Å²) < 4.78 is 0. The van der Waals surface area contributed by atoms with Crippen molar-refractivity contribution in [3.8, 4) is 0 Å². The molecule has 122 valence electrons.